The Hall–Kier alpha value is -0.560. The minimum atomic E-state index is -3.46. The van der Waals surface area contributed by atoms with Crippen molar-refractivity contribution in [3.05, 3.63) is 18.4 Å². The van der Waals surface area contributed by atoms with Crippen LogP contribution in [-0.4, -0.2) is 28.1 Å². The van der Waals surface area contributed by atoms with Crippen molar-refractivity contribution >= 4 is 22.4 Å². The van der Waals surface area contributed by atoms with E-state index >= 15 is 0 Å². The van der Waals surface area contributed by atoms with Crippen LogP contribution in [0, 0.1) is 5.92 Å². The van der Waals surface area contributed by atoms with E-state index in [1.807, 2.05) is 0 Å². The summed E-state index contributed by atoms with van der Waals surface area (Å²) in [7, 11) is -3.46. The predicted octanol–water partition coefficient (Wildman–Crippen LogP) is 0.979. The Kier molecular flexibility index (Phi) is 5.45. The number of rotatable bonds is 4. The fourth-order valence-electron chi connectivity index (χ4n) is 1.81. The number of hydrogen-bond donors (Lipinski definition) is 2. The third-order valence-electron chi connectivity index (χ3n) is 2.72. The fourth-order valence-corrected chi connectivity index (χ4v) is 2.85. The molecule has 1 saturated heterocycles. The van der Waals surface area contributed by atoms with Gasteiger partial charge in [0.15, 0.2) is 0 Å². The zero-order chi connectivity index (χ0) is 11.4. The molecule has 17 heavy (non-hydrogen) atoms. The van der Waals surface area contributed by atoms with Crippen LogP contribution in [0.1, 0.15) is 12.8 Å². The summed E-state index contributed by atoms with van der Waals surface area (Å²) in [5, 5.41) is 3.23. The van der Waals surface area contributed by atoms with E-state index in [9.17, 15) is 8.42 Å². The molecule has 2 rings (SSSR count). The molecule has 0 aromatic carbocycles. The average Bonchev–Trinajstić information content (AvgIpc) is 2.82. The minimum Gasteiger partial charge on any atom is -0.452 e. The van der Waals surface area contributed by atoms with Crippen LogP contribution in [0.15, 0.2) is 27.9 Å². The van der Waals surface area contributed by atoms with Gasteiger partial charge in [-0.15, -0.1) is 12.4 Å². The monoisotopic (exact) mass is 280 g/mol. The number of nitrogens with one attached hydrogen (secondary N) is 2. The molecule has 5 nitrogen and oxygen atoms in total. The summed E-state index contributed by atoms with van der Waals surface area (Å²) in [6.07, 6.45) is 3.53. The first-order chi connectivity index (χ1) is 7.68. The van der Waals surface area contributed by atoms with Gasteiger partial charge in [0, 0.05) is 6.54 Å². The molecule has 1 atom stereocenters. The highest BCUT2D eigenvalue weighted by Gasteiger charge is 2.20. The lowest BCUT2D eigenvalue weighted by Crippen LogP contribution is -2.37. The van der Waals surface area contributed by atoms with Crippen LogP contribution in [0.5, 0.6) is 0 Å². The predicted molar refractivity (Wildman–Crippen MR) is 66.7 cm³/mol. The first-order valence-corrected chi connectivity index (χ1v) is 6.91. The Labute approximate surface area is 107 Å². The first kappa shape index (κ1) is 14.5. The summed E-state index contributed by atoms with van der Waals surface area (Å²) in [5.74, 6) is 0.374. The third kappa shape index (κ3) is 3.99. The summed E-state index contributed by atoms with van der Waals surface area (Å²) in [4.78, 5) is 0. The van der Waals surface area contributed by atoms with Crippen LogP contribution in [-0.2, 0) is 10.0 Å². The van der Waals surface area contributed by atoms with E-state index in [0.29, 0.717) is 12.5 Å². The van der Waals surface area contributed by atoms with Gasteiger partial charge in [0.2, 0.25) is 5.09 Å². The van der Waals surface area contributed by atoms with Crippen molar-refractivity contribution in [3.8, 4) is 0 Å². The number of halogens is 1. The van der Waals surface area contributed by atoms with E-state index in [0.717, 1.165) is 25.9 Å². The number of hydrogen-bond acceptors (Lipinski definition) is 4. The van der Waals surface area contributed by atoms with Gasteiger partial charge < -0.3 is 9.73 Å². The summed E-state index contributed by atoms with van der Waals surface area (Å²) in [6, 6.07) is 3.01. The van der Waals surface area contributed by atoms with Crippen molar-refractivity contribution < 1.29 is 12.8 Å². The normalized spacial score (nSPS) is 20.8. The van der Waals surface area contributed by atoms with E-state index in [4.69, 9.17) is 4.42 Å². The van der Waals surface area contributed by atoms with E-state index in [1.165, 1.54) is 12.3 Å². The molecule has 98 valence electrons. The molecular formula is C10H17ClN2O3S. The van der Waals surface area contributed by atoms with E-state index < -0.39 is 10.0 Å². The lowest BCUT2D eigenvalue weighted by Gasteiger charge is -2.22. The van der Waals surface area contributed by atoms with Gasteiger partial charge in [0.05, 0.1) is 6.26 Å². The summed E-state index contributed by atoms with van der Waals surface area (Å²) >= 11 is 0. The van der Waals surface area contributed by atoms with Gasteiger partial charge in [-0.2, -0.15) is 0 Å². The molecule has 1 aliphatic rings. The SMILES string of the molecule is Cl.O=S(=O)(NCC1CCCNC1)c1ccco1. The molecule has 0 radical (unpaired) electrons. The second kappa shape index (κ2) is 6.39. The van der Waals surface area contributed by atoms with Crippen LogP contribution >= 0.6 is 12.4 Å². The number of sulfonamides is 1. The quantitative estimate of drug-likeness (QED) is 0.862. The molecule has 1 aromatic heterocycles. The highest BCUT2D eigenvalue weighted by atomic mass is 35.5. The molecule has 1 aromatic rings. The van der Waals surface area contributed by atoms with Crippen molar-refractivity contribution in [3.63, 3.8) is 0 Å². The minimum absolute atomic E-state index is 0. The van der Waals surface area contributed by atoms with Crippen molar-refractivity contribution in [1.82, 2.24) is 10.0 Å². The molecule has 2 heterocycles. The summed E-state index contributed by atoms with van der Waals surface area (Å²) in [6.45, 7) is 2.37. The van der Waals surface area contributed by atoms with E-state index in [-0.39, 0.29) is 17.5 Å². The third-order valence-corrected chi connectivity index (χ3v) is 4.03. The maximum absolute atomic E-state index is 11.7. The van der Waals surface area contributed by atoms with Gasteiger partial charge in [-0.05, 0) is 44.0 Å². The van der Waals surface area contributed by atoms with Gasteiger partial charge in [-0.3, -0.25) is 0 Å². The van der Waals surface area contributed by atoms with Crippen molar-refractivity contribution in [1.29, 1.82) is 0 Å². The molecule has 1 aliphatic heterocycles. The number of furan rings is 1. The molecule has 0 aliphatic carbocycles. The highest BCUT2D eigenvalue weighted by molar-refractivity contribution is 7.89. The van der Waals surface area contributed by atoms with Gasteiger partial charge in [0.1, 0.15) is 0 Å². The lowest BCUT2D eigenvalue weighted by molar-refractivity contribution is 0.373. The fraction of sp³-hybridized carbons (Fsp3) is 0.600. The highest BCUT2D eigenvalue weighted by Crippen LogP contribution is 2.12. The van der Waals surface area contributed by atoms with Crippen molar-refractivity contribution in [2.24, 2.45) is 5.92 Å². The molecule has 7 heteroatoms. The van der Waals surface area contributed by atoms with E-state index in [1.54, 1.807) is 6.07 Å². The largest absolute Gasteiger partial charge is 0.452 e. The molecule has 0 bridgehead atoms. The summed E-state index contributed by atoms with van der Waals surface area (Å²) in [5.41, 5.74) is 0. The Balaban J connectivity index is 0.00000144. The van der Waals surface area contributed by atoms with Crippen molar-refractivity contribution in [2.45, 2.75) is 17.9 Å². The Morgan fingerprint density at radius 1 is 1.53 bits per heavy atom. The maximum Gasteiger partial charge on any atom is 0.273 e. The van der Waals surface area contributed by atoms with E-state index in [2.05, 4.69) is 10.0 Å². The second-order valence-corrected chi connectivity index (χ2v) is 5.69. The molecular weight excluding hydrogens is 264 g/mol. The van der Waals surface area contributed by atoms with Gasteiger partial charge >= 0.3 is 0 Å². The topological polar surface area (TPSA) is 71.3 Å². The summed E-state index contributed by atoms with van der Waals surface area (Å²) < 4.78 is 30.9. The van der Waals surface area contributed by atoms with Crippen LogP contribution < -0.4 is 10.0 Å². The second-order valence-electron chi connectivity index (χ2n) is 4.00. The molecule has 2 N–H and O–H groups in total. The maximum atomic E-state index is 11.7. The van der Waals surface area contributed by atoms with Crippen LogP contribution in [0.2, 0.25) is 0 Å². The molecule has 1 unspecified atom stereocenters. The lowest BCUT2D eigenvalue weighted by atomic mass is 10.0. The van der Waals surface area contributed by atoms with Crippen LogP contribution in [0.3, 0.4) is 0 Å². The molecule has 0 spiro atoms. The molecule has 0 amide bonds. The smallest absolute Gasteiger partial charge is 0.273 e. The molecule has 1 fully saturated rings. The molecule has 0 saturated carbocycles. The number of piperidine rings is 1. The Bertz CT molecular complexity index is 413. The van der Waals surface area contributed by atoms with Gasteiger partial charge in [-0.25, -0.2) is 13.1 Å². The Morgan fingerprint density at radius 3 is 2.94 bits per heavy atom. The van der Waals surface area contributed by atoms with Crippen molar-refractivity contribution in [2.75, 3.05) is 19.6 Å². The van der Waals surface area contributed by atoms with Crippen LogP contribution in [0.4, 0.5) is 0 Å². The van der Waals surface area contributed by atoms with Crippen LogP contribution in [0.25, 0.3) is 0 Å². The average molecular weight is 281 g/mol. The van der Waals surface area contributed by atoms with Gasteiger partial charge in [0.25, 0.3) is 10.0 Å². The zero-order valence-corrected chi connectivity index (χ0v) is 11.0. The Morgan fingerprint density at radius 2 is 2.35 bits per heavy atom. The van der Waals surface area contributed by atoms with Gasteiger partial charge in [-0.1, -0.05) is 0 Å². The first-order valence-electron chi connectivity index (χ1n) is 5.42. The zero-order valence-electron chi connectivity index (χ0n) is 9.39. The standard InChI is InChI=1S/C10H16N2O3S.ClH/c13-16(14,10-4-2-6-15-10)12-8-9-3-1-5-11-7-9;/h2,4,6,9,11-12H,1,3,5,7-8H2;1H.